The molecular formula is C7H18O2Si. The highest BCUT2D eigenvalue weighted by molar-refractivity contribution is 6.42. The largest absolute Gasteiger partial charge is 0.400 e. The lowest BCUT2D eigenvalue weighted by Crippen LogP contribution is -2.12. The van der Waals surface area contributed by atoms with Gasteiger partial charge in [0.25, 0.3) is 0 Å². The maximum Gasteiger partial charge on any atom is 0.317 e. The minimum atomic E-state index is -1.16. The zero-order valence-corrected chi connectivity index (χ0v) is 8.54. The molecule has 0 heterocycles. The molecule has 0 aromatic heterocycles. The molecule has 0 bridgehead atoms. The van der Waals surface area contributed by atoms with Crippen LogP contribution in [0.2, 0.25) is 6.55 Å². The summed E-state index contributed by atoms with van der Waals surface area (Å²) in [5.74, 6) is 0. The summed E-state index contributed by atoms with van der Waals surface area (Å²) in [5, 5.41) is 0. The third-order valence-electron chi connectivity index (χ3n) is 0.953. The minimum absolute atomic E-state index is 1.08. The van der Waals surface area contributed by atoms with Crippen molar-refractivity contribution in [2.45, 2.75) is 19.9 Å². The second-order valence-corrected chi connectivity index (χ2v) is 3.81. The smallest absolute Gasteiger partial charge is 0.317 e. The first-order valence-corrected chi connectivity index (χ1v) is 5.49. The maximum absolute atomic E-state index is 4.82. The summed E-state index contributed by atoms with van der Waals surface area (Å²) in [6.45, 7) is 7.51. The van der Waals surface area contributed by atoms with E-state index in [4.69, 9.17) is 8.85 Å². The molecule has 62 valence electrons. The third-order valence-corrected chi connectivity index (χ3v) is 2.28. The molecule has 2 nitrogen and oxygen atoms in total. The maximum atomic E-state index is 4.82. The molecule has 0 spiro atoms. The molecule has 0 rings (SSSR count). The fourth-order valence-electron chi connectivity index (χ4n) is 0.0962. The second kappa shape index (κ2) is 11.6. The normalized spacial score (nSPS) is 8.50. The van der Waals surface area contributed by atoms with Crippen LogP contribution in [-0.2, 0) is 8.85 Å². The molecule has 0 aromatic rings. The van der Waals surface area contributed by atoms with Crippen LogP contribution < -0.4 is 0 Å². The summed E-state index contributed by atoms with van der Waals surface area (Å²) in [5.41, 5.74) is 0. The number of hydrogen-bond acceptors (Lipinski definition) is 2. The van der Waals surface area contributed by atoms with Gasteiger partial charge in [-0.15, -0.1) is 6.58 Å². The summed E-state index contributed by atoms with van der Waals surface area (Å²) in [4.78, 5) is 0. The molecule has 0 aromatic carbocycles. The van der Waals surface area contributed by atoms with Crippen LogP contribution >= 0.6 is 0 Å². The molecule has 0 atom stereocenters. The minimum Gasteiger partial charge on any atom is -0.400 e. The van der Waals surface area contributed by atoms with Crippen LogP contribution in [0.5, 0.6) is 0 Å². The highest BCUT2D eigenvalue weighted by Gasteiger charge is 1.94. The Morgan fingerprint density at radius 1 is 1.40 bits per heavy atom. The zero-order valence-electron chi connectivity index (χ0n) is 7.39. The van der Waals surface area contributed by atoms with Crippen molar-refractivity contribution in [3.63, 3.8) is 0 Å². The van der Waals surface area contributed by atoms with Crippen molar-refractivity contribution < 1.29 is 8.85 Å². The Morgan fingerprint density at radius 3 is 1.70 bits per heavy atom. The lowest BCUT2D eigenvalue weighted by molar-refractivity contribution is 0.285. The molecule has 0 unspecified atom stereocenters. The standard InChI is InChI=1S/C4H8.C3H10O2Si/c1-3-4-2;1-4-6(3)5-2/h3H,1,4H2,2H3;6H,1-3H3. The van der Waals surface area contributed by atoms with Crippen molar-refractivity contribution in [2.75, 3.05) is 14.2 Å². The van der Waals surface area contributed by atoms with E-state index >= 15 is 0 Å². The lowest BCUT2D eigenvalue weighted by atomic mass is 10.5. The average molecular weight is 162 g/mol. The van der Waals surface area contributed by atoms with Crippen LogP contribution in [0.25, 0.3) is 0 Å². The van der Waals surface area contributed by atoms with E-state index in [1.165, 1.54) is 0 Å². The fourth-order valence-corrected chi connectivity index (χ4v) is 0.289. The van der Waals surface area contributed by atoms with E-state index in [1.54, 1.807) is 14.2 Å². The molecular weight excluding hydrogens is 144 g/mol. The topological polar surface area (TPSA) is 18.5 Å². The zero-order chi connectivity index (χ0) is 8.41. The van der Waals surface area contributed by atoms with Crippen molar-refractivity contribution >= 4 is 9.28 Å². The van der Waals surface area contributed by atoms with Crippen molar-refractivity contribution in [2.24, 2.45) is 0 Å². The Labute approximate surface area is 65.7 Å². The molecule has 0 aliphatic carbocycles. The van der Waals surface area contributed by atoms with E-state index in [0.29, 0.717) is 0 Å². The quantitative estimate of drug-likeness (QED) is 0.464. The molecule has 0 amide bonds. The van der Waals surface area contributed by atoms with Gasteiger partial charge in [-0.05, 0) is 13.0 Å². The van der Waals surface area contributed by atoms with Crippen LogP contribution in [0.3, 0.4) is 0 Å². The van der Waals surface area contributed by atoms with Gasteiger partial charge in [-0.3, -0.25) is 0 Å². The van der Waals surface area contributed by atoms with E-state index in [1.807, 2.05) is 12.6 Å². The molecule has 10 heavy (non-hydrogen) atoms. The van der Waals surface area contributed by atoms with Crippen molar-refractivity contribution in [3.8, 4) is 0 Å². The third kappa shape index (κ3) is 15.7. The Morgan fingerprint density at radius 2 is 1.70 bits per heavy atom. The van der Waals surface area contributed by atoms with Gasteiger partial charge in [0.05, 0.1) is 0 Å². The van der Waals surface area contributed by atoms with E-state index in [9.17, 15) is 0 Å². The van der Waals surface area contributed by atoms with E-state index in [0.717, 1.165) is 6.42 Å². The summed E-state index contributed by atoms with van der Waals surface area (Å²) in [6, 6.07) is 0. The first kappa shape index (κ1) is 12.5. The van der Waals surface area contributed by atoms with Crippen molar-refractivity contribution in [1.29, 1.82) is 0 Å². The molecule has 3 heteroatoms. The monoisotopic (exact) mass is 162 g/mol. The van der Waals surface area contributed by atoms with Crippen LogP contribution in [0.4, 0.5) is 0 Å². The summed E-state index contributed by atoms with van der Waals surface area (Å²) in [7, 11) is 2.17. The number of rotatable bonds is 3. The van der Waals surface area contributed by atoms with Gasteiger partial charge < -0.3 is 8.85 Å². The molecule has 0 N–H and O–H groups in total. The lowest BCUT2D eigenvalue weighted by Gasteiger charge is -2.00. The first-order valence-electron chi connectivity index (χ1n) is 3.39. The summed E-state index contributed by atoms with van der Waals surface area (Å²) < 4.78 is 9.63. The highest BCUT2D eigenvalue weighted by atomic mass is 28.3. The van der Waals surface area contributed by atoms with Gasteiger partial charge in [0, 0.05) is 14.2 Å². The Balaban J connectivity index is 0. The summed E-state index contributed by atoms with van der Waals surface area (Å²) in [6.07, 6.45) is 2.96. The molecule has 0 aliphatic heterocycles. The van der Waals surface area contributed by atoms with E-state index in [-0.39, 0.29) is 0 Å². The second-order valence-electron chi connectivity index (χ2n) is 1.74. The van der Waals surface area contributed by atoms with Gasteiger partial charge in [-0.25, -0.2) is 0 Å². The molecule has 0 saturated heterocycles. The SMILES string of the molecule is C=CCC.CO[SiH](C)OC. The van der Waals surface area contributed by atoms with Crippen LogP contribution in [0.15, 0.2) is 12.7 Å². The predicted molar refractivity (Wildman–Crippen MR) is 47.5 cm³/mol. The molecule has 0 radical (unpaired) electrons. The van der Waals surface area contributed by atoms with Gasteiger partial charge in [0.2, 0.25) is 0 Å². The Hall–Kier alpha value is -0.123. The Bertz CT molecular complexity index is 62.6. The Kier molecular flexibility index (Phi) is 14.6. The van der Waals surface area contributed by atoms with E-state index in [2.05, 4.69) is 13.5 Å². The number of hydrogen-bond donors (Lipinski definition) is 0. The molecule has 0 fully saturated rings. The van der Waals surface area contributed by atoms with Crippen LogP contribution in [-0.4, -0.2) is 23.5 Å². The average Bonchev–Trinajstić information content (AvgIpc) is 2.03. The summed E-state index contributed by atoms with van der Waals surface area (Å²) >= 11 is 0. The van der Waals surface area contributed by atoms with Gasteiger partial charge in [-0.2, -0.15) is 0 Å². The van der Waals surface area contributed by atoms with Gasteiger partial charge in [0.15, 0.2) is 0 Å². The van der Waals surface area contributed by atoms with Gasteiger partial charge in [-0.1, -0.05) is 13.0 Å². The predicted octanol–water partition coefficient (Wildman–Crippen LogP) is 1.71. The molecule has 0 aliphatic rings. The van der Waals surface area contributed by atoms with E-state index < -0.39 is 9.28 Å². The van der Waals surface area contributed by atoms with Crippen molar-refractivity contribution in [3.05, 3.63) is 12.7 Å². The first-order chi connectivity index (χ1) is 4.72. The fraction of sp³-hybridized carbons (Fsp3) is 0.714. The van der Waals surface area contributed by atoms with Crippen LogP contribution in [0.1, 0.15) is 13.3 Å². The van der Waals surface area contributed by atoms with Crippen LogP contribution in [0, 0.1) is 0 Å². The highest BCUT2D eigenvalue weighted by Crippen LogP contribution is 1.77. The number of allylic oxidation sites excluding steroid dienone is 1. The van der Waals surface area contributed by atoms with Crippen molar-refractivity contribution in [1.82, 2.24) is 0 Å². The van der Waals surface area contributed by atoms with Gasteiger partial charge in [0.1, 0.15) is 0 Å². The van der Waals surface area contributed by atoms with Gasteiger partial charge >= 0.3 is 9.28 Å². The molecule has 0 saturated carbocycles.